The zero-order valence-corrected chi connectivity index (χ0v) is 12.4. The summed E-state index contributed by atoms with van der Waals surface area (Å²) in [4.78, 5) is 27.6. The molecule has 1 heterocycles. The molecule has 6 nitrogen and oxygen atoms in total. The predicted octanol–water partition coefficient (Wildman–Crippen LogP) is -0.308. The lowest BCUT2D eigenvalue weighted by molar-refractivity contribution is -0.155. The number of amides is 2. The van der Waals surface area contributed by atoms with Gasteiger partial charge in [0.25, 0.3) is 5.91 Å². The summed E-state index contributed by atoms with van der Waals surface area (Å²) in [6, 6.07) is 0. The third-order valence-electron chi connectivity index (χ3n) is 3.77. The Labute approximate surface area is 115 Å². The van der Waals surface area contributed by atoms with Crippen LogP contribution in [0.25, 0.3) is 0 Å². The van der Waals surface area contributed by atoms with Crippen LogP contribution in [0, 0.1) is 0 Å². The Kier molecular flexibility index (Phi) is 5.75. The van der Waals surface area contributed by atoms with Crippen LogP contribution < -0.4 is 5.32 Å². The second-order valence-corrected chi connectivity index (χ2v) is 5.08. The largest absolute Gasteiger partial charge is 0.369 e. The molecule has 1 fully saturated rings. The Bertz CT molecular complexity index is 323. The molecule has 110 valence electrons. The molecular formula is C13H25N3O3. The monoisotopic (exact) mass is 271 g/mol. The molecule has 0 aliphatic carbocycles. The lowest BCUT2D eigenvalue weighted by Gasteiger charge is -2.33. The van der Waals surface area contributed by atoms with Crippen LogP contribution in [0.1, 0.15) is 20.3 Å². The van der Waals surface area contributed by atoms with Gasteiger partial charge in [-0.15, -0.1) is 0 Å². The maximum Gasteiger partial charge on any atom is 0.254 e. The van der Waals surface area contributed by atoms with Gasteiger partial charge in [-0.1, -0.05) is 6.92 Å². The summed E-state index contributed by atoms with van der Waals surface area (Å²) in [5.41, 5.74) is -0.849. The predicted molar refractivity (Wildman–Crippen MR) is 72.8 cm³/mol. The summed E-state index contributed by atoms with van der Waals surface area (Å²) >= 11 is 0. The number of hydrogen-bond acceptors (Lipinski definition) is 4. The van der Waals surface area contributed by atoms with Crippen molar-refractivity contribution in [2.24, 2.45) is 0 Å². The first-order valence-corrected chi connectivity index (χ1v) is 6.74. The van der Waals surface area contributed by atoms with Gasteiger partial charge in [0.05, 0.1) is 6.54 Å². The summed E-state index contributed by atoms with van der Waals surface area (Å²) in [5.74, 6) is -0.159. The molecular weight excluding hydrogens is 246 g/mol. The number of ether oxygens (including phenoxy) is 1. The Morgan fingerprint density at radius 1 is 1.37 bits per heavy atom. The number of carbonyl (C=O) groups excluding carboxylic acids is 2. The molecule has 1 unspecified atom stereocenters. The Morgan fingerprint density at radius 2 is 1.95 bits per heavy atom. The molecule has 0 aromatic heterocycles. The van der Waals surface area contributed by atoms with Gasteiger partial charge in [-0.2, -0.15) is 0 Å². The van der Waals surface area contributed by atoms with Crippen molar-refractivity contribution in [1.29, 1.82) is 0 Å². The standard InChI is InChI=1S/C13H25N3O3/c1-5-13(2,19-4)12(18)15(3)10-11(17)16-8-6-14-7-9-16/h14H,5-10H2,1-4H3. The van der Waals surface area contributed by atoms with Gasteiger partial charge in [-0.25, -0.2) is 0 Å². The molecule has 0 aromatic carbocycles. The number of nitrogens with one attached hydrogen (secondary N) is 1. The van der Waals surface area contributed by atoms with E-state index in [1.165, 1.54) is 12.0 Å². The normalized spacial score (nSPS) is 18.8. The fourth-order valence-corrected chi connectivity index (χ4v) is 2.08. The van der Waals surface area contributed by atoms with Crippen LogP contribution in [0.4, 0.5) is 0 Å². The minimum Gasteiger partial charge on any atom is -0.369 e. The lowest BCUT2D eigenvalue weighted by Crippen LogP contribution is -2.52. The molecule has 0 saturated carbocycles. The van der Waals surface area contributed by atoms with E-state index in [1.54, 1.807) is 18.9 Å². The third kappa shape index (κ3) is 3.91. The molecule has 19 heavy (non-hydrogen) atoms. The fourth-order valence-electron chi connectivity index (χ4n) is 2.08. The first-order valence-electron chi connectivity index (χ1n) is 6.74. The molecule has 1 atom stereocenters. The molecule has 2 amide bonds. The van der Waals surface area contributed by atoms with E-state index in [0.717, 1.165) is 13.1 Å². The van der Waals surface area contributed by atoms with Crippen LogP contribution in [-0.2, 0) is 14.3 Å². The van der Waals surface area contributed by atoms with Crippen LogP contribution in [0.5, 0.6) is 0 Å². The molecule has 1 N–H and O–H groups in total. The van der Waals surface area contributed by atoms with Crippen molar-refractivity contribution in [1.82, 2.24) is 15.1 Å². The molecule has 0 aromatic rings. The molecule has 0 bridgehead atoms. The van der Waals surface area contributed by atoms with Gasteiger partial charge in [-0.05, 0) is 13.3 Å². The number of rotatable bonds is 5. The van der Waals surface area contributed by atoms with Crippen LogP contribution in [0.2, 0.25) is 0 Å². The van der Waals surface area contributed by atoms with Gasteiger partial charge in [0.1, 0.15) is 5.60 Å². The molecule has 6 heteroatoms. The Hall–Kier alpha value is -1.14. The fraction of sp³-hybridized carbons (Fsp3) is 0.846. The molecule has 1 aliphatic heterocycles. The van der Waals surface area contributed by atoms with Gasteiger partial charge in [0, 0.05) is 40.3 Å². The van der Waals surface area contributed by atoms with Crippen molar-refractivity contribution < 1.29 is 14.3 Å². The zero-order valence-electron chi connectivity index (χ0n) is 12.4. The van der Waals surface area contributed by atoms with Gasteiger partial charge < -0.3 is 19.9 Å². The highest BCUT2D eigenvalue weighted by Crippen LogP contribution is 2.17. The van der Waals surface area contributed by atoms with E-state index in [0.29, 0.717) is 19.5 Å². The van der Waals surface area contributed by atoms with Gasteiger partial charge in [-0.3, -0.25) is 9.59 Å². The number of hydrogen-bond donors (Lipinski definition) is 1. The average Bonchev–Trinajstić information content (AvgIpc) is 2.46. The van der Waals surface area contributed by atoms with E-state index in [2.05, 4.69) is 5.32 Å². The molecule has 0 spiro atoms. The van der Waals surface area contributed by atoms with Crippen molar-refractivity contribution in [3.8, 4) is 0 Å². The van der Waals surface area contributed by atoms with E-state index < -0.39 is 5.60 Å². The van der Waals surface area contributed by atoms with E-state index >= 15 is 0 Å². The van der Waals surface area contributed by atoms with Crippen molar-refractivity contribution in [2.45, 2.75) is 25.9 Å². The second-order valence-electron chi connectivity index (χ2n) is 5.08. The smallest absolute Gasteiger partial charge is 0.254 e. The van der Waals surface area contributed by atoms with Crippen LogP contribution in [-0.4, -0.2) is 74.1 Å². The Morgan fingerprint density at radius 3 is 2.42 bits per heavy atom. The molecule has 1 aliphatic rings. The molecule has 1 rings (SSSR count). The maximum atomic E-state index is 12.3. The highest BCUT2D eigenvalue weighted by molar-refractivity contribution is 5.89. The van der Waals surface area contributed by atoms with Crippen molar-refractivity contribution in [2.75, 3.05) is 46.9 Å². The molecule has 1 saturated heterocycles. The van der Waals surface area contributed by atoms with Crippen LogP contribution >= 0.6 is 0 Å². The minimum atomic E-state index is -0.849. The number of piperazine rings is 1. The summed E-state index contributed by atoms with van der Waals surface area (Å²) < 4.78 is 5.27. The summed E-state index contributed by atoms with van der Waals surface area (Å²) in [6.07, 6.45) is 0.578. The van der Waals surface area contributed by atoms with Gasteiger partial charge >= 0.3 is 0 Å². The maximum absolute atomic E-state index is 12.3. The number of carbonyl (C=O) groups is 2. The molecule has 0 radical (unpaired) electrons. The summed E-state index contributed by atoms with van der Waals surface area (Å²) in [5, 5.41) is 3.19. The highest BCUT2D eigenvalue weighted by atomic mass is 16.5. The van der Waals surface area contributed by atoms with Crippen LogP contribution in [0.15, 0.2) is 0 Å². The topological polar surface area (TPSA) is 61.9 Å². The number of methoxy groups -OCH3 is 1. The lowest BCUT2D eigenvalue weighted by atomic mass is 10.0. The quantitative estimate of drug-likeness (QED) is 0.745. The summed E-state index contributed by atoms with van der Waals surface area (Å²) in [6.45, 7) is 6.79. The summed E-state index contributed by atoms with van der Waals surface area (Å²) in [7, 11) is 3.17. The van der Waals surface area contributed by atoms with Crippen molar-refractivity contribution >= 4 is 11.8 Å². The van der Waals surface area contributed by atoms with E-state index in [1.807, 2.05) is 6.92 Å². The van der Waals surface area contributed by atoms with Gasteiger partial charge in [0.15, 0.2) is 0 Å². The number of likely N-dealkylation sites (N-methyl/N-ethyl adjacent to an activating group) is 1. The van der Waals surface area contributed by atoms with E-state index in [4.69, 9.17) is 4.74 Å². The third-order valence-corrected chi connectivity index (χ3v) is 3.77. The Balaban J connectivity index is 2.55. The van der Waals surface area contributed by atoms with Crippen molar-refractivity contribution in [3.63, 3.8) is 0 Å². The van der Waals surface area contributed by atoms with Gasteiger partial charge in [0.2, 0.25) is 5.91 Å². The average molecular weight is 271 g/mol. The first kappa shape index (κ1) is 15.9. The van der Waals surface area contributed by atoms with Crippen molar-refractivity contribution in [3.05, 3.63) is 0 Å². The minimum absolute atomic E-state index is 0.00749. The SMILES string of the molecule is CCC(C)(OC)C(=O)N(C)CC(=O)N1CCNCC1. The number of nitrogens with zero attached hydrogens (tertiary/aromatic N) is 2. The zero-order chi connectivity index (χ0) is 14.5. The van der Waals surface area contributed by atoms with E-state index in [-0.39, 0.29) is 18.4 Å². The second kappa shape index (κ2) is 6.86. The first-order chi connectivity index (χ1) is 8.94. The highest BCUT2D eigenvalue weighted by Gasteiger charge is 2.34. The van der Waals surface area contributed by atoms with E-state index in [9.17, 15) is 9.59 Å². The van der Waals surface area contributed by atoms with Crippen LogP contribution in [0.3, 0.4) is 0 Å².